The van der Waals surface area contributed by atoms with Crippen molar-refractivity contribution in [1.82, 2.24) is 0 Å². The molecule has 0 aliphatic carbocycles. The van der Waals surface area contributed by atoms with E-state index in [1.54, 1.807) is 25.1 Å². The number of hydrogen-bond donors (Lipinski definition) is 3. The first kappa shape index (κ1) is 14.5. The number of nitrogens with two attached hydrogens (primary N) is 2. The molecule has 1 heterocycles. The molecule has 1 saturated heterocycles. The van der Waals surface area contributed by atoms with Gasteiger partial charge in [-0.2, -0.15) is 0 Å². The Bertz CT molecular complexity index is 530. The van der Waals surface area contributed by atoms with Crippen LogP contribution in [0.2, 0.25) is 0 Å². The number of benzene rings is 1. The van der Waals surface area contributed by atoms with Crippen LogP contribution in [0.4, 0.5) is 5.69 Å². The monoisotopic (exact) mass is 277 g/mol. The van der Waals surface area contributed by atoms with Crippen molar-refractivity contribution in [3.05, 3.63) is 29.3 Å². The molecule has 2 atom stereocenters. The summed E-state index contributed by atoms with van der Waals surface area (Å²) in [5.74, 6) is -0.834. The Morgan fingerprint density at radius 2 is 2.15 bits per heavy atom. The Labute approximate surface area is 117 Å². The molecular formula is C14H19N3O3. The minimum absolute atomic E-state index is 0.0705. The fraction of sp³-hybridized carbons (Fsp3) is 0.429. The van der Waals surface area contributed by atoms with E-state index in [1.165, 1.54) is 0 Å². The van der Waals surface area contributed by atoms with Crippen LogP contribution in [0.25, 0.3) is 0 Å². The van der Waals surface area contributed by atoms with E-state index >= 15 is 0 Å². The van der Waals surface area contributed by atoms with E-state index < -0.39 is 12.0 Å². The molecule has 1 aromatic rings. The lowest BCUT2D eigenvalue weighted by Gasteiger charge is -2.15. The van der Waals surface area contributed by atoms with Gasteiger partial charge in [0.15, 0.2) is 0 Å². The first-order valence-corrected chi connectivity index (χ1v) is 6.58. The average molecular weight is 277 g/mol. The maximum Gasteiger partial charge on any atom is 0.253 e. The quantitative estimate of drug-likeness (QED) is 0.746. The van der Waals surface area contributed by atoms with Crippen molar-refractivity contribution in [2.24, 2.45) is 11.5 Å². The van der Waals surface area contributed by atoms with Crippen LogP contribution in [-0.2, 0) is 9.53 Å². The van der Waals surface area contributed by atoms with Crippen LogP contribution in [0.5, 0.6) is 0 Å². The van der Waals surface area contributed by atoms with Gasteiger partial charge in [0.2, 0.25) is 0 Å². The molecule has 0 spiro atoms. The minimum atomic E-state index is -0.564. The number of aryl methyl sites for hydroxylation is 1. The van der Waals surface area contributed by atoms with E-state index in [9.17, 15) is 9.59 Å². The van der Waals surface area contributed by atoms with Crippen LogP contribution in [0, 0.1) is 6.92 Å². The lowest BCUT2D eigenvalue weighted by atomic mass is 10.1. The molecule has 2 amide bonds. The number of nitrogens with one attached hydrogen (secondary N) is 1. The predicted molar refractivity (Wildman–Crippen MR) is 75.3 cm³/mol. The van der Waals surface area contributed by atoms with Gasteiger partial charge in [0, 0.05) is 6.54 Å². The summed E-state index contributed by atoms with van der Waals surface area (Å²) >= 11 is 0. The number of ether oxygens (including phenoxy) is 1. The lowest BCUT2D eigenvalue weighted by Crippen LogP contribution is -2.30. The highest BCUT2D eigenvalue weighted by atomic mass is 16.5. The highest BCUT2D eigenvalue weighted by Gasteiger charge is 2.30. The number of primary amides is 1. The molecule has 6 heteroatoms. The highest BCUT2D eigenvalue weighted by molar-refractivity contribution is 6.05. The maximum absolute atomic E-state index is 12.1. The largest absolute Gasteiger partial charge is 0.366 e. The maximum atomic E-state index is 12.1. The molecule has 6 nitrogen and oxygen atoms in total. The van der Waals surface area contributed by atoms with E-state index in [4.69, 9.17) is 16.2 Å². The molecule has 0 saturated carbocycles. The van der Waals surface area contributed by atoms with Gasteiger partial charge in [-0.25, -0.2) is 0 Å². The van der Waals surface area contributed by atoms with Crippen molar-refractivity contribution in [2.45, 2.75) is 32.0 Å². The Balaban J connectivity index is 2.13. The molecule has 20 heavy (non-hydrogen) atoms. The topological polar surface area (TPSA) is 107 Å². The van der Waals surface area contributed by atoms with Gasteiger partial charge < -0.3 is 21.5 Å². The number of amides is 2. The third-order valence-electron chi connectivity index (χ3n) is 3.44. The van der Waals surface area contributed by atoms with Crippen molar-refractivity contribution in [3.8, 4) is 0 Å². The summed E-state index contributed by atoms with van der Waals surface area (Å²) in [5, 5.41) is 2.71. The lowest BCUT2D eigenvalue weighted by molar-refractivity contribution is -0.126. The summed E-state index contributed by atoms with van der Waals surface area (Å²) in [7, 11) is 0. The Morgan fingerprint density at radius 3 is 2.75 bits per heavy atom. The average Bonchev–Trinajstić information content (AvgIpc) is 2.87. The predicted octanol–water partition coefficient (Wildman–Crippen LogP) is 0.539. The van der Waals surface area contributed by atoms with Crippen LogP contribution in [0.3, 0.4) is 0 Å². The van der Waals surface area contributed by atoms with Crippen molar-refractivity contribution in [2.75, 3.05) is 11.9 Å². The van der Waals surface area contributed by atoms with Crippen LogP contribution in [0.15, 0.2) is 18.2 Å². The summed E-state index contributed by atoms with van der Waals surface area (Å²) in [6, 6.07) is 5.18. The third-order valence-corrected chi connectivity index (χ3v) is 3.44. The summed E-state index contributed by atoms with van der Waals surface area (Å²) in [4.78, 5) is 23.6. The van der Waals surface area contributed by atoms with Gasteiger partial charge in [-0.3, -0.25) is 9.59 Å². The Morgan fingerprint density at radius 1 is 1.40 bits per heavy atom. The zero-order valence-electron chi connectivity index (χ0n) is 11.4. The molecule has 1 fully saturated rings. The second-order valence-electron chi connectivity index (χ2n) is 4.91. The molecule has 5 N–H and O–H groups in total. The zero-order valence-corrected chi connectivity index (χ0v) is 11.4. The van der Waals surface area contributed by atoms with Gasteiger partial charge >= 0.3 is 0 Å². The number of hydrogen-bond acceptors (Lipinski definition) is 4. The van der Waals surface area contributed by atoms with Gasteiger partial charge in [0.05, 0.1) is 17.4 Å². The van der Waals surface area contributed by atoms with E-state index in [1.807, 2.05) is 0 Å². The minimum Gasteiger partial charge on any atom is -0.366 e. The summed E-state index contributed by atoms with van der Waals surface area (Å²) in [6.07, 6.45) is 0.805. The highest BCUT2D eigenvalue weighted by Crippen LogP contribution is 2.23. The summed E-state index contributed by atoms with van der Waals surface area (Å²) in [6.45, 7) is 2.17. The molecule has 1 aromatic carbocycles. The molecule has 0 radical (unpaired) electrons. The number of anilines is 1. The van der Waals surface area contributed by atoms with Crippen molar-refractivity contribution in [3.63, 3.8) is 0 Å². The molecule has 0 unspecified atom stereocenters. The zero-order chi connectivity index (χ0) is 14.7. The molecular weight excluding hydrogens is 258 g/mol. The smallest absolute Gasteiger partial charge is 0.253 e. The van der Waals surface area contributed by atoms with Crippen LogP contribution >= 0.6 is 0 Å². The normalized spacial score (nSPS) is 21.7. The third kappa shape index (κ3) is 2.97. The SMILES string of the molecule is Cc1cccc(NC(=O)[C@@H]2CC[C@H](CN)O2)c1C(N)=O. The molecule has 0 bridgehead atoms. The second kappa shape index (κ2) is 6.02. The fourth-order valence-corrected chi connectivity index (χ4v) is 2.38. The van der Waals surface area contributed by atoms with Crippen LogP contribution in [-0.4, -0.2) is 30.6 Å². The summed E-state index contributed by atoms with van der Waals surface area (Å²) < 4.78 is 5.52. The molecule has 108 valence electrons. The van der Waals surface area contributed by atoms with E-state index in [-0.39, 0.29) is 12.0 Å². The van der Waals surface area contributed by atoms with Crippen molar-refractivity contribution >= 4 is 17.5 Å². The van der Waals surface area contributed by atoms with Crippen LogP contribution in [0.1, 0.15) is 28.8 Å². The number of carbonyl (C=O) groups is 2. The molecule has 2 rings (SSSR count). The van der Waals surface area contributed by atoms with Gasteiger partial charge in [-0.1, -0.05) is 12.1 Å². The van der Waals surface area contributed by atoms with Crippen LogP contribution < -0.4 is 16.8 Å². The van der Waals surface area contributed by atoms with Gasteiger partial charge in [0.25, 0.3) is 11.8 Å². The molecule has 1 aliphatic rings. The first-order chi connectivity index (χ1) is 9.52. The molecule has 1 aliphatic heterocycles. The van der Waals surface area contributed by atoms with Crippen molar-refractivity contribution in [1.29, 1.82) is 0 Å². The second-order valence-corrected chi connectivity index (χ2v) is 4.91. The van der Waals surface area contributed by atoms with E-state index in [0.717, 1.165) is 12.0 Å². The van der Waals surface area contributed by atoms with Gasteiger partial charge in [-0.15, -0.1) is 0 Å². The van der Waals surface area contributed by atoms with Crippen molar-refractivity contribution < 1.29 is 14.3 Å². The fourth-order valence-electron chi connectivity index (χ4n) is 2.38. The Hall–Kier alpha value is -1.92. The van der Waals surface area contributed by atoms with E-state index in [0.29, 0.717) is 24.2 Å². The van der Waals surface area contributed by atoms with E-state index in [2.05, 4.69) is 5.32 Å². The Kier molecular flexibility index (Phi) is 4.36. The van der Waals surface area contributed by atoms with Gasteiger partial charge in [0.1, 0.15) is 6.10 Å². The first-order valence-electron chi connectivity index (χ1n) is 6.58. The summed E-state index contributed by atoms with van der Waals surface area (Å²) in [5.41, 5.74) is 12.3. The number of carbonyl (C=O) groups excluding carboxylic acids is 2. The standard InChI is InChI=1S/C14H19N3O3/c1-8-3-2-4-10(12(8)13(16)18)17-14(19)11-6-5-9(7-15)20-11/h2-4,9,11H,5-7,15H2,1H3,(H2,16,18)(H,17,19)/t9-,11+/m1/s1. The van der Waals surface area contributed by atoms with Gasteiger partial charge in [-0.05, 0) is 31.4 Å². The molecule has 0 aromatic heterocycles. The number of rotatable bonds is 4.